The third kappa shape index (κ3) is 6.08. The largest absolute Gasteiger partial charge is 0.481 e. The third-order valence-corrected chi connectivity index (χ3v) is 3.19. The van der Waals surface area contributed by atoms with Gasteiger partial charge in [-0.2, -0.15) is 0 Å². The van der Waals surface area contributed by atoms with Gasteiger partial charge in [-0.15, -0.1) is 0 Å². The topological polar surface area (TPSA) is 49.8 Å². The van der Waals surface area contributed by atoms with Gasteiger partial charge in [-0.05, 0) is 51.7 Å². The number of carbonyl (C=O) groups is 1. The summed E-state index contributed by atoms with van der Waals surface area (Å²) < 4.78 is 5.32. The van der Waals surface area contributed by atoms with Crippen LogP contribution in [0, 0.1) is 5.92 Å². The lowest BCUT2D eigenvalue weighted by molar-refractivity contribution is -0.137. The SMILES string of the molecule is CN(CCCC(=O)O)CCC1CCOCC1. The molecule has 1 aliphatic rings. The molecule has 94 valence electrons. The van der Waals surface area contributed by atoms with E-state index >= 15 is 0 Å². The monoisotopic (exact) mass is 229 g/mol. The van der Waals surface area contributed by atoms with E-state index in [9.17, 15) is 4.79 Å². The van der Waals surface area contributed by atoms with Crippen LogP contribution < -0.4 is 0 Å². The zero-order valence-corrected chi connectivity index (χ0v) is 10.2. The maximum atomic E-state index is 10.4. The summed E-state index contributed by atoms with van der Waals surface area (Å²) in [7, 11) is 2.07. The van der Waals surface area contributed by atoms with E-state index < -0.39 is 5.97 Å². The van der Waals surface area contributed by atoms with Crippen LogP contribution in [0.25, 0.3) is 0 Å². The number of hydrogen-bond acceptors (Lipinski definition) is 3. The zero-order chi connectivity index (χ0) is 11.8. The molecule has 1 aliphatic heterocycles. The molecule has 1 heterocycles. The highest BCUT2D eigenvalue weighted by molar-refractivity contribution is 5.66. The van der Waals surface area contributed by atoms with Gasteiger partial charge in [0, 0.05) is 19.6 Å². The first kappa shape index (κ1) is 13.5. The molecule has 0 spiro atoms. The van der Waals surface area contributed by atoms with Gasteiger partial charge in [-0.1, -0.05) is 0 Å². The van der Waals surface area contributed by atoms with E-state index in [4.69, 9.17) is 9.84 Å². The predicted molar refractivity (Wildman–Crippen MR) is 62.5 cm³/mol. The minimum atomic E-state index is -0.696. The summed E-state index contributed by atoms with van der Waals surface area (Å²) in [6.07, 6.45) is 4.61. The lowest BCUT2D eigenvalue weighted by atomic mass is 9.96. The van der Waals surface area contributed by atoms with Crippen LogP contribution in [0.5, 0.6) is 0 Å². The maximum absolute atomic E-state index is 10.4. The van der Waals surface area contributed by atoms with E-state index in [1.165, 1.54) is 19.3 Å². The molecule has 16 heavy (non-hydrogen) atoms. The summed E-state index contributed by atoms with van der Waals surface area (Å²) in [5.74, 6) is 0.105. The lowest BCUT2D eigenvalue weighted by Crippen LogP contribution is -2.25. The number of carboxylic acid groups (broad SMARTS) is 1. The van der Waals surface area contributed by atoms with Crippen LogP contribution in [-0.2, 0) is 9.53 Å². The first-order valence-corrected chi connectivity index (χ1v) is 6.16. The van der Waals surface area contributed by atoms with Crippen molar-refractivity contribution in [2.24, 2.45) is 5.92 Å². The quantitative estimate of drug-likeness (QED) is 0.720. The van der Waals surface area contributed by atoms with Crippen molar-refractivity contribution in [1.82, 2.24) is 4.90 Å². The fourth-order valence-corrected chi connectivity index (χ4v) is 2.05. The Morgan fingerprint density at radius 1 is 1.38 bits per heavy atom. The van der Waals surface area contributed by atoms with Crippen LogP contribution in [0.3, 0.4) is 0 Å². The average Bonchev–Trinajstić information content (AvgIpc) is 2.27. The first-order chi connectivity index (χ1) is 7.68. The van der Waals surface area contributed by atoms with Crippen LogP contribution in [-0.4, -0.2) is 49.3 Å². The molecule has 4 nitrogen and oxygen atoms in total. The summed E-state index contributed by atoms with van der Waals surface area (Å²) in [5, 5.41) is 8.53. The molecular weight excluding hydrogens is 206 g/mol. The van der Waals surface area contributed by atoms with Crippen molar-refractivity contribution in [2.75, 3.05) is 33.4 Å². The fourth-order valence-electron chi connectivity index (χ4n) is 2.05. The Bertz CT molecular complexity index is 202. The van der Waals surface area contributed by atoms with Crippen molar-refractivity contribution in [1.29, 1.82) is 0 Å². The Labute approximate surface area is 97.6 Å². The van der Waals surface area contributed by atoms with Gasteiger partial charge in [0.25, 0.3) is 0 Å². The molecule has 0 aliphatic carbocycles. The van der Waals surface area contributed by atoms with E-state index in [-0.39, 0.29) is 6.42 Å². The van der Waals surface area contributed by atoms with E-state index in [0.29, 0.717) is 0 Å². The zero-order valence-electron chi connectivity index (χ0n) is 10.2. The highest BCUT2D eigenvalue weighted by Gasteiger charge is 2.14. The van der Waals surface area contributed by atoms with Gasteiger partial charge in [0.2, 0.25) is 0 Å². The van der Waals surface area contributed by atoms with Crippen LogP contribution in [0.15, 0.2) is 0 Å². The maximum Gasteiger partial charge on any atom is 0.303 e. The Kier molecular flexibility index (Phi) is 6.42. The van der Waals surface area contributed by atoms with Crippen molar-refractivity contribution in [2.45, 2.75) is 32.1 Å². The molecule has 0 atom stereocenters. The molecule has 0 bridgehead atoms. The van der Waals surface area contributed by atoms with Crippen LogP contribution in [0.2, 0.25) is 0 Å². The smallest absolute Gasteiger partial charge is 0.303 e. The number of ether oxygens (including phenoxy) is 1. The minimum absolute atomic E-state index is 0.279. The number of hydrogen-bond donors (Lipinski definition) is 1. The van der Waals surface area contributed by atoms with E-state index in [1.807, 2.05) is 0 Å². The van der Waals surface area contributed by atoms with Gasteiger partial charge in [-0.25, -0.2) is 0 Å². The summed E-state index contributed by atoms with van der Waals surface area (Å²) >= 11 is 0. The van der Waals surface area contributed by atoms with Gasteiger partial charge in [0.15, 0.2) is 0 Å². The van der Waals surface area contributed by atoms with Crippen molar-refractivity contribution < 1.29 is 14.6 Å². The molecule has 1 N–H and O–H groups in total. The lowest BCUT2D eigenvalue weighted by Gasteiger charge is -2.24. The molecule has 0 unspecified atom stereocenters. The minimum Gasteiger partial charge on any atom is -0.481 e. The second-order valence-corrected chi connectivity index (χ2v) is 4.64. The Morgan fingerprint density at radius 2 is 2.06 bits per heavy atom. The van der Waals surface area contributed by atoms with Gasteiger partial charge < -0.3 is 14.7 Å². The summed E-state index contributed by atoms with van der Waals surface area (Å²) in [6, 6.07) is 0. The highest BCUT2D eigenvalue weighted by Crippen LogP contribution is 2.18. The molecule has 0 aromatic rings. The van der Waals surface area contributed by atoms with E-state index in [0.717, 1.165) is 38.6 Å². The van der Waals surface area contributed by atoms with Gasteiger partial charge >= 0.3 is 5.97 Å². The molecule has 4 heteroatoms. The molecule has 0 aromatic heterocycles. The Hall–Kier alpha value is -0.610. The highest BCUT2D eigenvalue weighted by atomic mass is 16.5. The number of rotatable bonds is 7. The van der Waals surface area contributed by atoms with Crippen LogP contribution >= 0.6 is 0 Å². The van der Waals surface area contributed by atoms with Crippen molar-refractivity contribution in [3.8, 4) is 0 Å². The second-order valence-electron chi connectivity index (χ2n) is 4.64. The van der Waals surface area contributed by atoms with Gasteiger partial charge in [0.1, 0.15) is 0 Å². The second kappa shape index (κ2) is 7.63. The molecular formula is C12H23NO3. The number of carboxylic acids is 1. The molecule has 1 rings (SSSR count). The summed E-state index contributed by atoms with van der Waals surface area (Å²) in [4.78, 5) is 12.6. The summed E-state index contributed by atoms with van der Waals surface area (Å²) in [6.45, 7) is 3.78. The number of nitrogens with zero attached hydrogens (tertiary/aromatic N) is 1. The standard InChI is InChI=1S/C12H23NO3/c1-13(7-2-3-12(14)15)8-4-11-5-9-16-10-6-11/h11H,2-10H2,1H3,(H,14,15). The van der Waals surface area contributed by atoms with Crippen molar-refractivity contribution in [3.63, 3.8) is 0 Å². The summed E-state index contributed by atoms with van der Waals surface area (Å²) in [5.41, 5.74) is 0. The molecule has 1 saturated heterocycles. The molecule has 0 aromatic carbocycles. The molecule has 1 fully saturated rings. The molecule has 0 amide bonds. The van der Waals surface area contributed by atoms with Gasteiger partial charge in [-0.3, -0.25) is 4.79 Å². The Morgan fingerprint density at radius 3 is 2.69 bits per heavy atom. The third-order valence-electron chi connectivity index (χ3n) is 3.19. The van der Waals surface area contributed by atoms with Crippen LogP contribution in [0.4, 0.5) is 0 Å². The van der Waals surface area contributed by atoms with Crippen molar-refractivity contribution >= 4 is 5.97 Å². The number of aliphatic carboxylic acids is 1. The Balaban J connectivity index is 2.00. The van der Waals surface area contributed by atoms with Gasteiger partial charge in [0.05, 0.1) is 0 Å². The van der Waals surface area contributed by atoms with E-state index in [1.54, 1.807) is 0 Å². The predicted octanol–water partition coefficient (Wildman–Crippen LogP) is 1.60. The normalized spacial score (nSPS) is 17.9. The first-order valence-electron chi connectivity index (χ1n) is 6.16. The average molecular weight is 229 g/mol. The van der Waals surface area contributed by atoms with Crippen molar-refractivity contribution in [3.05, 3.63) is 0 Å². The van der Waals surface area contributed by atoms with Crippen LogP contribution in [0.1, 0.15) is 32.1 Å². The molecule has 0 saturated carbocycles. The molecule has 0 radical (unpaired) electrons. The van der Waals surface area contributed by atoms with E-state index in [2.05, 4.69) is 11.9 Å². The fraction of sp³-hybridized carbons (Fsp3) is 0.917.